The molecule has 0 saturated heterocycles. The molecule has 0 aliphatic rings. The molecular weight excluding hydrogens is 260 g/mol. The van der Waals surface area contributed by atoms with Crippen LogP contribution >= 0.6 is 11.6 Å². The first-order chi connectivity index (χ1) is 9.22. The van der Waals surface area contributed by atoms with Gasteiger partial charge in [-0.05, 0) is 24.3 Å². The van der Waals surface area contributed by atoms with Gasteiger partial charge in [-0.15, -0.1) is 0 Å². The van der Waals surface area contributed by atoms with Gasteiger partial charge in [0.05, 0.1) is 17.4 Å². The van der Waals surface area contributed by atoms with Crippen molar-refractivity contribution in [3.8, 4) is 11.5 Å². The Kier molecular flexibility index (Phi) is 2.97. The fourth-order valence-electron chi connectivity index (χ4n) is 1.83. The van der Waals surface area contributed by atoms with E-state index in [0.29, 0.717) is 22.2 Å². The monoisotopic (exact) mass is 270 g/mol. The molecular formula is C15H11ClN2O. The van der Waals surface area contributed by atoms with Crippen LogP contribution in [-0.2, 0) is 0 Å². The van der Waals surface area contributed by atoms with Crippen molar-refractivity contribution in [2.24, 2.45) is 0 Å². The molecule has 2 N–H and O–H groups in total. The molecule has 4 heteroatoms. The zero-order chi connectivity index (χ0) is 13.2. The number of nitrogens with two attached hydrogens (primary N) is 1. The van der Waals surface area contributed by atoms with Crippen LogP contribution in [0.4, 0.5) is 5.69 Å². The smallest absolute Gasteiger partial charge is 0.151 e. The Morgan fingerprint density at radius 2 is 1.89 bits per heavy atom. The molecule has 0 aliphatic heterocycles. The Morgan fingerprint density at radius 3 is 2.79 bits per heavy atom. The van der Waals surface area contributed by atoms with Crippen molar-refractivity contribution in [1.29, 1.82) is 0 Å². The number of fused-ring (bicyclic) bond motifs is 1. The number of para-hydroxylation sites is 1. The molecule has 0 aliphatic carbocycles. The molecule has 0 unspecified atom stereocenters. The number of anilines is 1. The van der Waals surface area contributed by atoms with Crippen LogP contribution in [0.3, 0.4) is 0 Å². The third kappa shape index (κ3) is 2.46. The van der Waals surface area contributed by atoms with Crippen LogP contribution in [0.5, 0.6) is 11.5 Å². The summed E-state index contributed by atoms with van der Waals surface area (Å²) in [5.74, 6) is 1.16. The van der Waals surface area contributed by atoms with E-state index in [9.17, 15) is 0 Å². The van der Waals surface area contributed by atoms with E-state index in [0.717, 1.165) is 10.9 Å². The van der Waals surface area contributed by atoms with Gasteiger partial charge in [-0.1, -0.05) is 29.8 Å². The van der Waals surface area contributed by atoms with Crippen LogP contribution in [0, 0.1) is 0 Å². The topological polar surface area (TPSA) is 48.1 Å². The molecule has 0 atom stereocenters. The molecule has 3 aromatic rings. The summed E-state index contributed by atoms with van der Waals surface area (Å²) in [6.07, 6.45) is 1.67. The van der Waals surface area contributed by atoms with Gasteiger partial charge in [0.15, 0.2) is 5.75 Å². The van der Waals surface area contributed by atoms with Crippen molar-refractivity contribution in [3.05, 3.63) is 59.8 Å². The lowest BCUT2D eigenvalue weighted by Gasteiger charge is -2.09. The summed E-state index contributed by atoms with van der Waals surface area (Å²) in [5, 5.41) is 1.60. The van der Waals surface area contributed by atoms with E-state index >= 15 is 0 Å². The van der Waals surface area contributed by atoms with E-state index in [2.05, 4.69) is 4.98 Å². The first-order valence-electron chi connectivity index (χ1n) is 5.80. The van der Waals surface area contributed by atoms with Crippen molar-refractivity contribution in [2.45, 2.75) is 0 Å². The van der Waals surface area contributed by atoms with Gasteiger partial charge in [0.25, 0.3) is 0 Å². The number of ether oxygens (including phenoxy) is 1. The second-order valence-corrected chi connectivity index (χ2v) is 4.58. The zero-order valence-corrected chi connectivity index (χ0v) is 10.8. The summed E-state index contributed by atoms with van der Waals surface area (Å²) in [4.78, 5) is 4.33. The van der Waals surface area contributed by atoms with Crippen LogP contribution in [0.15, 0.2) is 54.7 Å². The summed E-state index contributed by atoms with van der Waals surface area (Å²) in [7, 11) is 0. The second kappa shape index (κ2) is 4.78. The molecule has 0 radical (unpaired) electrons. The van der Waals surface area contributed by atoms with Gasteiger partial charge in [-0.3, -0.25) is 4.98 Å². The second-order valence-electron chi connectivity index (χ2n) is 4.15. The number of nitrogen functional groups attached to an aromatic ring is 1. The minimum atomic E-state index is 0.532. The van der Waals surface area contributed by atoms with Gasteiger partial charge >= 0.3 is 0 Å². The first kappa shape index (κ1) is 11.8. The summed E-state index contributed by atoms with van der Waals surface area (Å²) in [6.45, 7) is 0. The maximum atomic E-state index is 5.93. The zero-order valence-electron chi connectivity index (χ0n) is 10.0. The van der Waals surface area contributed by atoms with Gasteiger partial charge in [0.1, 0.15) is 5.75 Å². The van der Waals surface area contributed by atoms with Crippen molar-refractivity contribution in [2.75, 3.05) is 5.73 Å². The van der Waals surface area contributed by atoms with Crippen LogP contribution < -0.4 is 10.5 Å². The van der Waals surface area contributed by atoms with E-state index in [4.69, 9.17) is 22.1 Å². The maximum Gasteiger partial charge on any atom is 0.151 e. The molecule has 0 spiro atoms. The van der Waals surface area contributed by atoms with E-state index in [1.165, 1.54) is 0 Å². The lowest BCUT2D eigenvalue weighted by molar-refractivity contribution is 0.484. The van der Waals surface area contributed by atoms with E-state index in [1.54, 1.807) is 24.4 Å². The first-order valence-corrected chi connectivity index (χ1v) is 6.18. The number of nitrogens with zero attached hydrogens (tertiary/aromatic N) is 1. The number of rotatable bonds is 2. The number of halogens is 1. The van der Waals surface area contributed by atoms with Gasteiger partial charge < -0.3 is 10.5 Å². The lowest BCUT2D eigenvalue weighted by Crippen LogP contribution is -1.92. The van der Waals surface area contributed by atoms with Gasteiger partial charge in [-0.25, -0.2) is 0 Å². The number of hydrogen-bond donors (Lipinski definition) is 1. The molecule has 94 valence electrons. The minimum absolute atomic E-state index is 0.532. The SMILES string of the molecule is Nc1ccc(Cl)cc1Oc1cnc2ccccc2c1. The van der Waals surface area contributed by atoms with Gasteiger partial charge in [0, 0.05) is 16.5 Å². The van der Waals surface area contributed by atoms with Crippen molar-refractivity contribution in [3.63, 3.8) is 0 Å². The van der Waals surface area contributed by atoms with Crippen LogP contribution in [0.2, 0.25) is 5.02 Å². The molecule has 19 heavy (non-hydrogen) atoms. The van der Waals surface area contributed by atoms with E-state index in [1.807, 2.05) is 30.3 Å². The number of benzene rings is 2. The highest BCUT2D eigenvalue weighted by Gasteiger charge is 2.04. The Morgan fingerprint density at radius 1 is 1.05 bits per heavy atom. The van der Waals surface area contributed by atoms with E-state index in [-0.39, 0.29) is 0 Å². The molecule has 1 heterocycles. The Labute approximate surface area is 115 Å². The predicted molar refractivity (Wildman–Crippen MR) is 77.7 cm³/mol. The Bertz CT molecular complexity index is 743. The largest absolute Gasteiger partial charge is 0.454 e. The van der Waals surface area contributed by atoms with Crippen LogP contribution in [0.1, 0.15) is 0 Å². The minimum Gasteiger partial charge on any atom is -0.454 e. The molecule has 3 nitrogen and oxygen atoms in total. The van der Waals surface area contributed by atoms with Crippen LogP contribution in [0.25, 0.3) is 10.9 Å². The molecule has 0 bridgehead atoms. The third-order valence-electron chi connectivity index (χ3n) is 2.77. The molecule has 0 saturated carbocycles. The van der Waals surface area contributed by atoms with Crippen LogP contribution in [-0.4, -0.2) is 4.98 Å². The normalized spacial score (nSPS) is 10.6. The highest BCUT2D eigenvalue weighted by molar-refractivity contribution is 6.30. The third-order valence-corrected chi connectivity index (χ3v) is 3.00. The highest BCUT2D eigenvalue weighted by atomic mass is 35.5. The summed E-state index contributed by atoms with van der Waals surface area (Å²) < 4.78 is 5.73. The van der Waals surface area contributed by atoms with E-state index < -0.39 is 0 Å². The molecule has 0 fully saturated rings. The quantitative estimate of drug-likeness (QED) is 0.708. The fourth-order valence-corrected chi connectivity index (χ4v) is 1.99. The predicted octanol–water partition coefficient (Wildman–Crippen LogP) is 4.26. The molecule has 1 aromatic heterocycles. The standard InChI is InChI=1S/C15H11ClN2O/c16-11-5-6-13(17)15(8-11)19-12-7-10-3-1-2-4-14(10)18-9-12/h1-9H,17H2. The Hall–Kier alpha value is -2.26. The highest BCUT2D eigenvalue weighted by Crippen LogP contribution is 2.30. The lowest BCUT2D eigenvalue weighted by atomic mass is 10.2. The number of pyridine rings is 1. The van der Waals surface area contributed by atoms with Crippen molar-refractivity contribution >= 4 is 28.2 Å². The average molecular weight is 271 g/mol. The van der Waals surface area contributed by atoms with Gasteiger partial charge in [-0.2, -0.15) is 0 Å². The Balaban J connectivity index is 1.98. The summed E-state index contributed by atoms with van der Waals surface area (Å²) in [5.41, 5.74) is 7.31. The molecule has 3 rings (SSSR count). The molecule has 2 aromatic carbocycles. The summed E-state index contributed by atoms with van der Waals surface area (Å²) >= 11 is 5.93. The number of aromatic nitrogens is 1. The van der Waals surface area contributed by atoms with Gasteiger partial charge in [0.2, 0.25) is 0 Å². The average Bonchev–Trinajstić information content (AvgIpc) is 2.43. The van der Waals surface area contributed by atoms with Crippen molar-refractivity contribution in [1.82, 2.24) is 4.98 Å². The van der Waals surface area contributed by atoms with Crippen molar-refractivity contribution < 1.29 is 4.74 Å². The fraction of sp³-hybridized carbons (Fsp3) is 0. The summed E-state index contributed by atoms with van der Waals surface area (Å²) in [6, 6.07) is 14.9. The molecule has 0 amide bonds. The number of hydrogen-bond acceptors (Lipinski definition) is 3. The maximum absolute atomic E-state index is 5.93.